The third-order valence-corrected chi connectivity index (χ3v) is 13.8. The molecule has 9 heteroatoms. The van der Waals surface area contributed by atoms with E-state index >= 15 is 0 Å². The topological polar surface area (TPSA) is 87.2 Å². The highest BCUT2D eigenvalue weighted by Crippen LogP contribution is 2.53. The van der Waals surface area contributed by atoms with Crippen molar-refractivity contribution in [2.24, 2.45) is 5.92 Å². The van der Waals surface area contributed by atoms with Gasteiger partial charge in [0.15, 0.2) is 19.8 Å². The number of carbonyl (C=O) groups excluding carboxylic acids is 1. The molecule has 0 aromatic carbocycles. The number of aromatic nitrogens is 4. The summed E-state index contributed by atoms with van der Waals surface area (Å²) in [5.74, 6) is 1.98. The number of likely N-dealkylation sites (tertiary alicyclic amines) is 1. The Balaban J connectivity index is 1.21. The summed E-state index contributed by atoms with van der Waals surface area (Å²) in [5, 5.41) is 0.151. The smallest absolute Gasteiger partial charge is 0.227 e. The Morgan fingerprint density at radius 2 is 1.79 bits per heavy atom. The third-order valence-electron chi connectivity index (χ3n) is 9.26. The van der Waals surface area contributed by atoms with Crippen molar-refractivity contribution >= 4 is 31.2 Å². The minimum atomic E-state index is -1.93. The van der Waals surface area contributed by atoms with Gasteiger partial charge in [-0.05, 0) is 80.9 Å². The number of imidazole rings is 1. The van der Waals surface area contributed by atoms with Crippen molar-refractivity contribution < 1.29 is 9.22 Å². The van der Waals surface area contributed by atoms with Gasteiger partial charge in [0.2, 0.25) is 5.91 Å². The number of pyridine rings is 2. The summed E-state index contributed by atoms with van der Waals surface area (Å²) in [7, 11) is -1.93. The molecule has 5 heterocycles. The van der Waals surface area contributed by atoms with Crippen molar-refractivity contribution in [3.8, 4) is 11.5 Å². The van der Waals surface area contributed by atoms with Crippen molar-refractivity contribution in [2.45, 2.75) is 83.0 Å². The first-order chi connectivity index (χ1) is 18.5. The van der Waals surface area contributed by atoms with Gasteiger partial charge in [-0.2, -0.15) is 0 Å². The molecular formula is C30H42N6O2Si. The van der Waals surface area contributed by atoms with Gasteiger partial charge >= 0.3 is 0 Å². The molecule has 6 rings (SSSR count). The molecule has 0 unspecified atom stereocenters. The van der Waals surface area contributed by atoms with Crippen LogP contribution in [0.4, 0.5) is 5.82 Å². The number of nitrogens with zero attached hydrogens (tertiary/aromatic N) is 5. The van der Waals surface area contributed by atoms with Crippen LogP contribution >= 0.6 is 0 Å². The fourth-order valence-corrected chi connectivity index (χ4v) is 7.34. The molecule has 3 aromatic heterocycles. The number of carbonyl (C=O) groups is 1. The molecule has 3 fully saturated rings. The van der Waals surface area contributed by atoms with Crippen LogP contribution in [0.1, 0.15) is 65.0 Å². The monoisotopic (exact) mass is 546 g/mol. The van der Waals surface area contributed by atoms with Gasteiger partial charge in [-0.15, -0.1) is 0 Å². The molecule has 0 spiro atoms. The van der Waals surface area contributed by atoms with E-state index < -0.39 is 8.32 Å². The maximum absolute atomic E-state index is 13.0. The Morgan fingerprint density at radius 3 is 2.51 bits per heavy atom. The van der Waals surface area contributed by atoms with Gasteiger partial charge in [-0.25, -0.2) is 15.0 Å². The van der Waals surface area contributed by atoms with Gasteiger partial charge in [0.05, 0.1) is 22.7 Å². The van der Waals surface area contributed by atoms with Crippen molar-refractivity contribution in [1.29, 1.82) is 0 Å². The van der Waals surface area contributed by atoms with E-state index in [2.05, 4.69) is 60.8 Å². The first-order valence-electron chi connectivity index (χ1n) is 14.6. The Bertz CT molecular complexity index is 1370. The molecular weight excluding hydrogens is 504 g/mol. The number of hydrogen-bond donors (Lipinski definition) is 1. The highest BCUT2D eigenvalue weighted by molar-refractivity contribution is 6.74. The summed E-state index contributed by atoms with van der Waals surface area (Å²) in [5.41, 5.74) is 3.11. The van der Waals surface area contributed by atoms with Crippen LogP contribution in [0.3, 0.4) is 0 Å². The van der Waals surface area contributed by atoms with Gasteiger partial charge in [0.25, 0.3) is 0 Å². The molecule has 0 bridgehead atoms. The van der Waals surface area contributed by atoms with Crippen LogP contribution in [-0.4, -0.2) is 65.2 Å². The number of fused-ring (bicyclic) bond motifs is 1. The van der Waals surface area contributed by atoms with E-state index in [9.17, 15) is 4.79 Å². The summed E-state index contributed by atoms with van der Waals surface area (Å²) in [6.45, 7) is 14.9. The van der Waals surface area contributed by atoms with Crippen LogP contribution < -0.4 is 4.90 Å². The first kappa shape index (κ1) is 26.4. The van der Waals surface area contributed by atoms with E-state index in [0.29, 0.717) is 11.6 Å². The minimum absolute atomic E-state index is 0.0549. The number of nitrogens with one attached hydrogen (secondary N) is 1. The summed E-state index contributed by atoms with van der Waals surface area (Å²) < 4.78 is 6.88. The Morgan fingerprint density at radius 1 is 1.03 bits per heavy atom. The fraction of sp³-hybridized carbons (Fsp3) is 0.600. The summed E-state index contributed by atoms with van der Waals surface area (Å²) in [6, 6.07) is 10.3. The SMILES string of the molecule is CC(C)(C)[Si](C)(C)OC1(c2cccc(-c3nc4nc(N5CCC[C@@H](C(=O)N6CCCC6)C5)ccc4[nH]3)n2)CC1. The predicted molar refractivity (Wildman–Crippen MR) is 157 cm³/mol. The molecule has 3 aromatic rings. The largest absolute Gasteiger partial charge is 0.406 e. The van der Waals surface area contributed by atoms with Crippen LogP contribution in [0.25, 0.3) is 22.7 Å². The Hall–Kier alpha value is -2.78. The van der Waals surface area contributed by atoms with Crippen molar-refractivity contribution in [1.82, 2.24) is 24.8 Å². The van der Waals surface area contributed by atoms with Crippen LogP contribution in [0.5, 0.6) is 0 Å². The molecule has 1 N–H and O–H groups in total. The molecule has 1 saturated carbocycles. The van der Waals surface area contributed by atoms with Crippen molar-refractivity contribution in [3.05, 3.63) is 36.0 Å². The molecule has 3 aliphatic rings. The number of rotatable bonds is 6. The normalized spacial score (nSPS) is 21.5. The lowest BCUT2D eigenvalue weighted by atomic mass is 9.96. The van der Waals surface area contributed by atoms with Crippen LogP contribution in [0, 0.1) is 5.92 Å². The van der Waals surface area contributed by atoms with Crippen LogP contribution in [0.2, 0.25) is 18.1 Å². The van der Waals surface area contributed by atoms with Gasteiger partial charge in [-0.3, -0.25) is 4.79 Å². The zero-order valence-corrected chi connectivity index (χ0v) is 25.1. The molecule has 2 aliphatic heterocycles. The minimum Gasteiger partial charge on any atom is -0.406 e. The van der Waals surface area contributed by atoms with Crippen molar-refractivity contribution in [2.75, 3.05) is 31.1 Å². The second kappa shape index (κ2) is 9.69. The van der Waals surface area contributed by atoms with Gasteiger partial charge in [0, 0.05) is 26.2 Å². The van der Waals surface area contributed by atoms with Crippen LogP contribution in [0.15, 0.2) is 30.3 Å². The molecule has 1 amide bonds. The summed E-state index contributed by atoms with van der Waals surface area (Å²) in [6.07, 6.45) is 6.25. The van der Waals surface area contributed by atoms with Gasteiger partial charge in [-0.1, -0.05) is 26.8 Å². The average Bonchev–Trinajstić information content (AvgIpc) is 3.30. The predicted octanol–water partition coefficient (Wildman–Crippen LogP) is 5.87. The van der Waals surface area contributed by atoms with E-state index in [1.54, 1.807) is 0 Å². The maximum atomic E-state index is 13.0. The van der Waals surface area contributed by atoms with Gasteiger partial charge < -0.3 is 19.2 Å². The number of amides is 1. The second-order valence-corrected chi connectivity index (χ2v) is 17.9. The van der Waals surface area contributed by atoms with Gasteiger partial charge in [0.1, 0.15) is 11.5 Å². The Labute approximate surface area is 232 Å². The average molecular weight is 547 g/mol. The van der Waals surface area contributed by atoms with Crippen LogP contribution in [-0.2, 0) is 14.8 Å². The second-order valence-electron chi connectivity index (χ2n) is 13.2. The number of aromatic amines is 1. The zero-order chi connectivity index (χ0) is 27.4. The molecule has 2 saturated heterocycles. The lowest BCUT2D eigenvalue weighted by Gasteiger charge is -2.39. The number of anilines is 1. The third kappa shape index (κ3) is 5.11. The molecule has 39 heavy (non-hydrogen) atoms. The first-order valence-corrected chi connectivity index (χ1v) is 17.5. The molecule has 208 valence electrons. The van der Waals surface area contributed by atoms with E-state index in [-0.39, 0.29) is 16.6 Å². The quantitative estimate of drug-likeness (QED) is 0.389. The molecule has 1 atom stereocenters. The zero-order valence-electron chi connectivity index (χ0n) is 24.1. The number of hydrogen-bond acceptors (Lipinski definition) is 6. The van der Waals surface area contributed by atoms with E-state index in [1.165, 1.54) is 0 Å². The lowest BCUT2D eigenvalue weighted by molar-refractivity contribution is -0.134. The Kier molecular flexibility index (Phi) is 6.57. The summed E-state index contributed by atoms with van der Waals surface area (Å²) >= 11 is 0. The molecule has 0 radical (unpaired) electrons. The van der Waals surface area contributed by atoms with E-state index in [0.717, 1.165) is 93.3 Å². The van der Waals surface area contributed by atoms with Crippen molar-refractivity contribution in [3.63, 3.8) is 0 Å². The fourth-order valence-electron chi connectivity index (χ4n) is 5.75. The van der Waals surface area contributed by atoms with E-state index in [1.807, 2.05) is 18.2 Å². The van der Waals surface area contributed by atoms with E-state index in [4.69, 9.17) is 19.4 Å². The molecule has 1 aliphatic carbocycles. The molecule has 8 nitrogen and oxygen atoms in total. The standard InChI is InChI=1S/C30H42N6O2Si/c1-29(2,3)39(4,5)38-30(15-16-30)24-12-8-11-22(31-24)26-32-23-13-14-25(33-27(23)34-26)36-19-9-10-21(20-36)28(37)35-17-6-7-18-35/h8,11-14,21H,6-7,9-10,15-20H2,1-5H3,(H,32,33,34)/t21-/m1/s1. The number of H-pyrrole nitrogens is 1. The summed E-state index contributed by atoms with van der Waals surface area (Å²) in [4.78, 5) is 35.6. The highest BCUT2D eigenvalue weighted by atomic mass is 28.4. The number of piperidine rings is 1. The maximum Gasteiger partial charge on any atom is 0.227 e. The highest BCUT2D eigenvalue weighted by Gasteiger charge is 2.53. The lowest BCUT2D eigenvalue weighted by Crippen LogP contribution is -2.44.